The van der Waals surface area contributed by atoms with Crippen molar-refractivity contribution >= 4 is 43.7 Å². The van der Waals surface area contributed by atoms with Crippen LogP contribution in [0, 0.1) is 0 Å². The summed E-state index contributed by atoms with van der Waals surface area (Å²) in [5, 5.41) is 2.69. The Bertz CT molecular complexity index is 752. The minimum absolute atomic E-state index is 0.203. The zero-order valence-electron chi connectivity index (χ0n) is 14.2. The Morgan fingerprint density at radius 1 is 1.12 bits per heavy atom. The first-order chi connectivity index (χ1) is 12.5. The summed E-state index contributed by atoms with van der Waals surface area (Å²) in [4.78, 5) is 24.4. The van der Waals surface area contributed by atoms with Gasteiger partial charge in [-0.1, -0.05) is 46.3 Å². The molecule has 1 unspecified atom stereocenters. The maximum Gasteiger partial charge on any atom is 0.328 e. The van der Waals surface area contributed by atoms with E-state index in [1.165, 1.54) is 0 Å². The number of halogens is 2. The average Bonchev–Trinajstić information content (AvgIpc) is 2.61. The van der Waals surface area contributed by atoms with Crippen molar-refractivity contribution < 1.29 is 19.1 Å². The molecule has 0 aliphatic heterocycles. The van der Waals surface area contributed by atoms with Crippen LogP contribution in [0.4, 0.5) is 0 Å². The Balaban J connectivity index is 1.97. The van der Waals surface area contributed by atoms with Crippen LogP contribution in [-0.2, 0) is 20.7 Å². The first-order valence-electron chi connectivity index (χ1n) is 8.07. The second-order valence-corrected chi connectivity index (χ2v) is 7.20. The van der Waals surface area contributed by atoms with E-state index in [0.717, 1.165) is 14.5 Å². The lowest BCUT2D eigenvalue weighted by Gasteiger charge is -2.18. The molecule has 1 N–H and O–H groups in total. The van der Waals surface area contributed by atoms with Crippen LogP contribution in [0.25, 0.3) is 0 Å². The molecular formula is C19H19Br2NO4. The molecule has 0 fully saturated rings. The van der Waals surface area contributed by atoms with Gasteiger partial charge in [0.2, 0.25) is 0 Å². The van der Waals surface area contributed by atoms with Gasteiger partial charge < -0.3 is 14.8 Å². The molecule has 0 aromatic heterocycles. The van der Waals surface area contributed by atoms with Crippen LogP contribution in [0.5, 0.6) is 5.75 Å². The fourth-order valence-electron chi connectivity index (χ4n) is 2.26. The molecule has 2 aromatic rings. The number of benzene rings is 2. The molecule has 1 atom stereocenters. The lowest BCUT2D eigenvalue weighted by Crippen LogP contribution is -2.45. The van der Waals surface area contributed by atoms with Crippen molar-refractivity contribution in [3.05, 3.63) is 63.0 Å². The van der Waals surface area contributed by atoms with E-state index in [1.54, 1.807) is 13.0 Å². The van der Waals surface area contributed by atoms with Crippen LogP contribution >= 0.6 is 31.9 Å². The van der Waals surface area contributed by atoms with Gasteiger partial charge in [0.25, 0.3) is 5.91 Å². The van der Waals surface area contributed by atoms with Gasteiger partial charge in [0.15, 0.2) is 6.61 Å². The molecule has 2 rings (SSSR count). The number of hydrogen-bond acceptors (Lipinski definition) is 4. The summed E-state index contributed by atoms with van der Waals surface area (Å²) >= 11 is 6.73. The largest absolute Gasteiger partial charge is 0.483 e. The summed E-state index contributed by atoms with van der Waals surface area (Å²) in [5.74, 6) is -0.317. The van der Waals surface area contributed by atoms with Crippen molar-refractivity contribution in [2.75, 3.05) is 13.2 Å². The molecule has 0 saturated carbocycles. The molecule has 0 aliphatic carbocycles. The van der Waals surface area contributed by atoms with E-state index in [9.17, 15) is 9.59 Å². The van der Waals surface area contributed by atoms with Crippen LogP contribution in [0.3, 0.4) is 0 Å². The summed E-state index contributed by atoms with van der Waals surface area (Å²) < 4.78 is 12.2. The number of carbonyl (C=O) groups excluding carboxylic acids is 2. The van der Waals surface area contributed by atoms with Gasteiger partial charge in [-0.15, -0.1) is 0 Å². The van der Waals surface area contributed by atoms with E-state index >= 15 is 0 Å². The van der Waals surface area contributed by atoms with E-state index in [4.69, 9.17) is 9.47 Å². The fraction of sp³-hybridized carbons (Fsp3) is 0.263. The van der Waals surface area contributed by atoms with Gasteiger partial charge >= 0.3 is 5.97 Å². The van der Waals surface area contributed by atoms with Crippen molar-refractivity contribution in [3.63, 3.8) is 0 Å². The molecular weight excluding hydrogens is 466 g/mol. The molecule has 0 heterocycles. The number of amides is 1. The quantitative estimate of drug-likeness (QED) is 0.577. The minimum Gasteiger partial charge on any atom is -0.483 e. The van der Waals surface area contributed by atoms with Crippen LogP contribution in [-0.4, -0.2) is 31.1 Å². The minimum atomic E-state index is -0.762. The molecule has 0 radical (unpaired) electrons. The van der Waals surface area contributed by atoms with Crippen molar-refractivity contribution in [2.24, 2.45) is 0 Å². The Kier molecular flexibility index (Phi) is 8.12. The molecule has 1 amide bonds. The van der Waals surface area contributed by atoms with Crippen molar-refractivity contribution in [3.8, 4) is 5.75 Å². The second-order valence-electron chi connectivity index (χ2n) is 5.43. The van der Waals surface area contributed by atoms with Gasteiger partial charge in [-0.05, 0) is 46.6 Å². The van der Waals surface area contributed by atoms with E-state index in [2.05, 4.69) is 37.2 Å². The van der Waals surface area contributed by atoms with Gasteiger partial charge in [0.05, 0.1) is 11.1 Å². The number of rotatable bonds is 8. The second kappa shape index (κ2) is 10.3. The lowest BCUT2D eigenvalue weighted by atomic mass is 10.1. The molecule has 0 bridgehead atoms. The monoisotopic (exact) mass is 483 g/mol. The van der Waals surface area contributed by atoms with E-state index in [0.29, 0.717) is 12.2 Å². The third-order valence-electron chi connectivity index (χ3n) is 3.44. The zero-order chi connectivity index (χ0) is 18.9. The van der Waals surface area contributed by atoms with E-state index in [-0.39, 0.29) is 13.2 Å². The van der Waals surface area contributed by atoms with Gasteiger partial charge in [0, 0.05) is 10.9 Å². The summed E-state index contributed by atoms with van der Waals surface area (Å²) in [6, 6.07) is 14.1. The highest BCUT2D eigenvalue weighted by molar-refractivity contribution is 9.11. The summed E-state index contributed by atoms with van der Waals surface area (Å²) in [5.41, 5.74) is 0.933. The molecule has 7 heteroatoms. The molecule has 5 nitrogen and oxygen atoms in total. The molecule has 0 spiro atoms. The smallest absolute Gasteiger partial charge is 0.328 e. The normalized spacial score (nSPS) is 11.5. The number of nitrogens with one attached hydrogen (secondary N) is 1. The Morgan fingerprint density at radius 2 is 1.85 bits per heavy atom. The number of ether oxygens (including phenoxy) is 2. The SMILES string of the molecule is CCOC(=O)C(Cc1ccccc1)NC(=O)COc1ccc(Br)cc1Br. The molecule has 26 heavy (non-hydrogen) atoms. The third-order valence-corrected chi connectivity index (χ3v) is 4.55. The topological polar surface area (TPSA) is 64.6 Å². The Morgan fingerprint density at radius 3 is 2.50 bits per heavy atom. The van der Waals surface area contributed by atoms with Crippen LogP contribution < -0.4 is 10.1 Å². The Labute approximate surface area is 169 Å². The van der Waals surface area contributed by atoms with E-state index < -0.39 is 17.9 Å². The zero-order valence-corrected chi connectivity index (χ0v) is 17.4. The highest BCUT2D eigenvalue weighted by Crippen LogP contribution is 2.28. The highest BCUT2D eigenvalue weighted by atomic mass is 79.9. The average molecular weight is 485 g/mol. The Hall–Kier alpha value is -1.86. The van der Waals surface area contributed by atoms with Gasteiger partial charge in [-0.2, -0.15) is 0 Å². The standard InChI is InChI=1S/C19H19Br2NO4/c1-2-25-19(24)16(10-13-6-4-3-5-7-13)22-18(23)12-26-17-9-8-14(20)11-15(17)21/h3-9,11,16H,2,10,12H2,1H3,(H,22,23). The van der Waals surface area contributed by atoms with E-state index in [1.807, 2.05) is 42.5 Å². The predicted molar refractivity (Wildman–Crippen MR) is 106 cm³/mol. The predicted octanol–water partition coefficient (Wildman–Crippen LogP) is 3.88. The van der Waals surface area contributed by atoms with Gasteiger partial charge in [0.1, 0.15) is 11.8 Å². The highest BCUT2D eigenvalue weighted by Gasteiger charge is 2.22. The molecule has 2 aromatic carbocycles. The first-order valence-corrected chi connectivity index (χ1v) is 9.66. The maximum absolute atomic E-state index is 12.2. The first kappa shape index (κ1) is 20.5. The molecule has 0 aliphatic rings. The molecule has 138 valence electrons. The summed E-state index contributed by atoms with van der Waals surface area (Å²) in [6.07, 6.45) is 0.355. The van der Waals surface area contributed by atoms with Gasteiger partial charge in [-0.25, -0.2) is 4.79 Å². The third kappa shape index (κ3) is 6.46. The van der Waals surface area contributed by atoms with Crippen molar-refractivity contribution in [1.82, 2.24) is 5.32 Å². The summed E-state index contributed by atoms with van der Waals surface area (Å²) in [6.45, 7) is 1.78. The van der Waals surface area contributed by atoms with Gasteiger partial charge in [-0.3, -0.25) is 4.79 Å². The summed E-state index contributed by atoms with van der Waals surface area (Å²) in [7, 11) is 0. The maximum atomic E-state index is 12.2. The number of carbonyl (C=O) groups is 2. The van der Waals surface area contributed by atoms with Crippen LogP contribution in [0.1, 0.15) is 12.5 Å². The number of esters is 1. The fourth-order valence-corrected chi connectivity index (χ4v) is 3.42. The molecule has 0 saturated heterocycles. The lowest BCUT2D eigenvalue weighted by molar-refractivity contribution is -0.147. The van der Waals surface area contributed by atoms with Crippen molar-refractivity contribution in [2.45, 2.75) is 19.4 Å². The number of hydrogen-bond donors (Lipinski definition) is 1. The van der Waals surface area contributed by atoms with Crippen LogP contribution in [0.2, 0.25) is 0 Å². The van der Waals surface area contributed by atoms with Crippen LogP contribution in [0.15, 0.2) is 57.5 Å². The van der Waals surface area contributed by atoms with Crippen molar-refractivity contribution in [1.29, 1.82) is 0 Å².